The van der Waals surface area contributed by atoms with E-state index in [1.807, 2.05) is 38.1 Å². The number of nitrogens with two attached hydrogens (primary N) is 2. The van der Waals surface area contributed by atoms with E-state index in [9.17, 15) is 0 Å². The minimum absolute atomic E-state index is 0.264. The molecule has 1 aliphatic rings. The fourth-order valence-electron chi connectivity index (χ4n) is 3.55. The summed E-state index contributed by atoms with van der Waals surface area (Å²) in [6, 6.07) is 7.76. The summed E-state index contributed by atoms with van der Waals surface area (Å²) < 4.78 is 11.9. The Hall–Kier alpha value is -2.18. The van der Waals surface area contributed by atoms with Crippen molar-refractivity contribution in [2.24, 2.45) is 5.92 Å². The number of hydrogen-bond donors (Lipinski definition) is 2. The smallest absolute Gasteiger partial charge is 0.123 e. The molecule has 26 heavy (non-hydrogen) atoms. The maximum absolute atomic E-state index is 6.02. The van der Waals surface area contributed by atoms with E-state index in [1.54, 1.807) is 0 Å². The van der Waals surface area contributed by atoms with Crippen molar-refractivity contribution < 1.29 is 9.47 Å². The Kier molecular flexibility index (Phi) is 6.06. The van der Waals surface area contributed by atoms with Gasteiger partial charge in [0.1, 0.15) is 11.6 Å². The molecule has 2 atom stereocenters. The lowest BCUT2D eigenvalue weighted by Crippen LogP contribution is -2.12. The summed E-state index contributed by atoms with van der Waals surface area (Å²) in [5.74, 6) is 1.62. The Balaban J connectivity index is 1.39. The summed E-state index contributed by atoms with van der Waals surface area (Å²) in [6.07, 6.45) is 3.47. The maximum Gasteiger partial charge on any atom is 0.123 e. The third-order valence-corrected chi connectivity index (χ3v) is 4.65. The monoisotopic (exact) mass is 356 g/mol. The first-order chi connectivity index (χ1) is 12.5. The molecular weight excluding hydrogens is 328 g/mol. The number of aryl methyl sites for hydroxylation is 2. The molecule has 2 aromatic rings. The highest BCUT2D eigenvalue weighted by Gasteiger charge is 2.25. The molecule has 1 aliphatic carbocycles. The summed E-state index contributed by atoms with van der Waals surface area (Å²) in [4.78, 5) is 8.62. The maximum atomic E-state index is 6.02. The van der Waals surface area contributed by atoms with Crippen molar-refractivity contribution in [1.82, 2.24) is 9.97 Å². The quantitative estimate of drug-likeness (QED) is 0.791. The first-order valence-corrected chi connectivity index (χ1v) is 9.13. The van der Waals surface area contributed by atoms with Crippen LogP contribution < -0.4 is 11.5 Å². The molecule has 1 fully saturated rings. The van der Waals surface area contributed by atoms with Crippen LogP contribution in [0.4, 0.5) is 11.6 Å². The van der Waals surface area contributed by atoms with Crippen LogP contribution >= 0.6 is 0 Å². The number of rotatable bonds is 7. The molecule has 0 radical (unpaired) electrons. The number of anilines is 2. The van der Waals surface area contributed by atoms with E-state index in [0.29, 0.717) is 30.8 Å². The van der Waals surface area contributed by atoms with Crippen LogP contribution in [0.15, 0.2) is 24.3 Å². The van der Waals surface area contributed by atoms with Crippen molar-refractivity contribution in [3.63, 3.8) is 0 Å². The zero-order chi connectivity index (χ0) is 18.5. The predicted octanol–water partition coefficient (Wildman–Crippen LogP) is 3.16. The SMILES string of the molecule is Cc1cc(N)nc(COC[C@H]2CC[C@H](OCc3cc(C)cc(N)n3)C2)c1. The second-order valence-electron chi connectivity index (χ2n) is 7.25. The van der Waals surface area contributed by atoms with Gasteiger partial charge >= 0.3 is 0 Å². The molecule has 1 saturated carbocycles. The number of pyridine rings is 2. The second-order valence-corrected chi connectivity index (χ2v) is 7.25. The van der Waals surface area contributed by atoms with Gasteiger partial charge in [-0.1, -0.05) is 0 Å². The van der Waals surface area contributed by atoms with Crippen LogP contribution in [0.5, 0.6) is 0 Å². The van der Waals surface area contributed by atoms with Gasteiger partial charge in [-0.25, -0.2) is 9.97 Å². The molecule has 140 valence electrons. The minimum Gasteiger partial charge on any atom is -0.384 e. The number of hydrogen-bond acceptors (Lipinski definition) is 6. The van der Waals surface area contributed by atoms with E-state index in [-0.39, 0.29) is 6.10 Å². The van der Waals surface area contributed by atoms with Crippen LogP contribution in [0.25, 0.3) is 0 Å². The molecule has 0 saturated heterocycles. The standard InChI is InChI=1S/C20H28N4O2/c1-13-5-16(23-19(21)7-13)11-25-10-15-3-4-18(9-15)26-12-17-6-14(2)8-20(22)24-17/h5-8,15,18H,3-4,9-12H2,1-2H3,(H2,21,23)(H2,22,24)/t15-,18-/m0/s1. The third kappa shape index (κ3) is 5.41. The molecule has 4 N–H and O–H groups in total. The van der Waals surface area contributed by atoms with Crippen LogP contribution in [-0.2, 0) is 22.7 Å². The van der Waals surface area contributed by atoms with Crippen molar-refractivity contribution in [3.8, 4) is 0 Å². The van der Waals surface area contributed by atoms with Gasteiger partial charge in [-0.3, -0.25) is 0 Å². The van der Waals surface area contributed by atoms with Crippen LogP contribution in [0.2, 0.25) is 0 Å². The van der Waals surface area contributed by atoms with Gasteiger partial charge in [-0.2, -0.15) is 0 Å². The summed E-state index contributed by atoms with van der Waals surface area (Å²) in [5.41, 5.74) is 15.6. The van der Waals surface area contributed by atoms with Gasteiger partial charge in [0, 0.05) is 0 Å². The van der Waals surface area contributed by atoms with Gasteiger partial charge < -0.3 is 20.9 Å². The molecule has 0 bridgehead atoms. The second kappa shape index (κ2) is 8.47. The van der Waals surface area contributed by atoms with Gasteiger partial charge in [-0.15, -0.1) is 0 Å². The average molecular weight is 356 g/mol. The number of nitrogen functional groups attached to an aromatic ring is 2. The number of aromatic nitrogens is 2. The van der Waals surface area contributed by atoms with Crippen LogP contribution in [0.3, 0.4) is 0 Å². The van der Waals surface area contributed by atoms with Gasteiger partial charge in [0.25, 0.3) is 0 Å². The number of ether oxygens (including phenoxy) is 2. The zero-order valence-corrected chi connectivity index (χ0v) is 15.6. The summed E-state index contributed by atoms with van der Waals surface area (Å²) in [7, 11) is 0. The molecule has 0 aliphatic heterocycles. The third-order valence-electron chi connectivity index (χ3n) is 4.65. The van der Waals surface area contributed by atoms with Crippen molar-refractivity contribution in [2.45, 2.75) is 52.4 Å². The Morgan fingerprint density at radius 1 is 0.923 bits per heavy atom. The van der Waals surface area contributed by atoms with E-state index in [4.69, 9.17) is 20.9 Å². The number of nitrogens with zero attached hydrogens (tertiary/aromatic N) is 2. The fraction of sp³-hybridized carbons (Fsp3) is 0.500. The normalized spacial score (nSPS) is 19.8. The first kappa shape index (κ1) is 18.6. The highest BCUT2D eigenvalue weighted by atomic mass is 16.5. The Morgan fingerprint density at radius 3 is 2.15 bits per heavy atom. The molecule has 0 spiro atoms. The molecule has 6 heteroatoms. The topological polar surface area (TPSA) is 96.3 Å². The highest BCUT2D eigenvalue weighted by molar-refractivity contribution is 5.34. The lowest BCUT2D eigenvalue weighted by Gasteiger charge is -2.13. The van der Waals surface area contributed by atoms with Gasteiger partial charge in [0.05, 0.1) is 37.3 Å². The van der Waals surface area contributed by atoms with E-state index >= 15 is 0 Å². The van der Waals surface area contributed by atoms with Gasteiger partial charge in [-0.05, 0) is 74.4 Å². The summed E-state index contributed by atoms with van der Waals surface area (Å²) in [5, 5.41) is 0. The Morgan fingerprint density at radius 2 is 1.54 bits per heavy atom. The van der Waals surface area contributed by atoms with Crippen molar-refractivity contribution in [1.29, 1.82) is 0 Å². The molecule has 0 aromatic carbocycles. The van der Waals surface area contributed by atoms with E-state index in [2.05, 4.69) is 9.97 Å². The predicted molar refractivity (Wildman–Crippen MR) is 102 cm³/mol. The Labute approximate surface area is 154 Å². The summed E-state index contributed by atoms with van der Waals surface area (Å²) in [6.45, 7) is 5.76. The molecule has 2 aromatic heterocycles. The van der Waals surface area contributed by atoms with Gasteiger partial charge in [0.15, 0.2) is 0 Å². The molecule has 3 rings (SSSR count). The van der Waals surface area contributed by atoms with E-state index in [0.717, 1.165) is 48.4 Å². The lowest BCUT2D eigenvalue weighted by molar-refractivity contribution is 0.0328. The first-order valence-electron chi connectivity index (χ1n) is 9.13. The van der Waals surface area contributed by atoms with Crippen molar-refractivity contribution in [2.75, 3.05) is 18.1 Å². The minimum atomic E-state index is 0.264. The van der Waals surface area contributed by atoms with Crippen LogP contribution in [-0.4, -0.2) is 22.7 Å². The van der Waals surface area contributed by atoms with Crippen LogP contribution in [0.1, 0.15) is 41.8 Å². The largest absolute Gasteiger partial charge is 0.384 e. The molecular formula is C20H28N4O2. The van der Waals surface area contributed by atoms with Crippen molar-refractivity contribution in [3.05, 3.63) is 46.8 Å². The lowest BCUT2D eigenvalue weighted by atomic mass is 10.1. The van der Waals surface area contributed by atoms with E-state index < -0.39 is 0 Å². The molecule has 0 unspecified atom stereocenters. The average Bonchev–Trinajstić information content (AvgIpc) is 2.99. The Bertz CT molecular complexity index is 710. The fourth-order valence-corrected chi connectivity index (χ4v) is 3.55. The summed E-state index contributed by atoms with van der Waals surface area (Å²) >= 11 is 0. The highest BCUT2D eigenvalue weighted by Crippen LogP contribution is 2.29. The van der Waals surface area contributed by atoms with E-state index in [1.165, 1.54) is 0 Å². The molecule has 6 nitrogen and oxygen atoms in total. The van der Waals surface area contributed by atoms with Crippen LogP contribution in [0, 0.1) is 19.8 Å². The molecule has 2 heterocycles. The van der Waals surface area contributed by atoms with Crippen molar-refractivity contribution >= 4 is 11.6 Å². The molecule has 0 amide bonds. The van der Waals surface area contributed by atoms with Gasteiger partial charge in [0.2, 0.25) is 0 Å². The zero-order valence-electron chi connectivity index (χ0n) is 15.6.